The molecule has 1 amide bonds. The summed E-state index contributed by atoms with van der Waals surface area (Å²) in [5, 5.41) is 3.42. The number of pyridine rings is 1. The molecule has 10 heteroatoms. The van der Waals surface area contributed by atoms with Gasteiger partial charge < -0.3 is 16.0 Å². The van der Waals surface area contributed by atoms with Gasteiger partial charge in [-0.2, -0.15) is 4.31 Å². The minimum atomic E-state index is -3.78. The number of rotatable bonds is 5. The number of hydrogen-bond donors (Lipinski definition) is 3. The van der Waals surface area contributed by atoms with Crippen molar-refractivity contribution in [2.75, 3.05) is 26.2 Å². The van der Waals surface area contributed by atoms with E-state index >= 15 is 0 Å². The van der Waals surface area contributed by atoms with Crippen LogP contribution in [0.15, 0.2) is 23.4 Å². The van der Waals surface area contributed by atoms with E-state index in [4.69, 9.17) is 17.3 Å². The second-order valence-corrected chi connectivity index (χ2v) is 8.26. The van der Waals surface area contributed by atoms with E-state index < -0.39 is 10.0 Å². The van der Waals surface area contributed by atoms with Gasteiger partial charge in [0.15, 0.2) is 0 Å². The first-order valence-corrected chi connectivity index (χ1v) is 9.86. The number of nitrogens with one attached hydrogen (secondary N) is 2. The number of hydrogen-bond acceptors (Lipinski definition) is 5. The number of nitrogens with zero attached hydrogens (tertiary/aromatic N) is 2. The molecule has 25 heavy (non-hydrogen) atoms. The van der Waals surface area contributed by atoms with Crippen molar-refractivity contribution in [2.24, 2.45) is 11.7 Å². The summed E-state index contributed by atoms with van der Waals surface area (Å²) in [6, 6.07) is 1.55. The van der Waals surface area contributed by atoms with Crippen LogP contribution in [0.5, 0.6) is 0 Å². The zero-order chi connectivity index (χ0) is 18.0. The van der Waals surface area contributed by atoms with Gasteiger partial charge in [0, 0.05) is 38.6 Å². The summed E-state index contributed by atoms with van der Waals surface area (Å²) in [5.74, 6) is -0.544. The molecule has 136 valence electrons. The van der Waals surface area contributed by atoms with Gasteiger partial charge in [-0.15, -0.1) is 0 Å². The van der Waals surface area contributed by atoms with Crippen molar-refractivity contribution < 1.29 is 13.2 Å². The van der Waals surface area contributed by atoms with Crippen LogP contribution in [-0.2, 0) is 14.8 Å². The number of aromatic nitrogens is 2. The number of aromatic amines is 1. The Bertz CT molecular complexity index is 882. The molecule has 0 bridgehead atoms. The molecule has 1 atom stereocenters. The van der Waals surface area contributed by atoms with Crippen molar-refractivity contribution in [3.05, 3.63) is 23.5 Å². The van der Waals surface area contributed by atoms with E-state index in [1.54, 1.807) is 6.07 Å². The molecule has 0 saturated carbocycles. The summed E-state index contributed by atoms with van der Waals surface area (Å²) in [6.45, 7) is 1.24. The van der Waals surface area contributed by atoms with E-state index in [0.717, 1.165) is 0 Å². The van der Waals surface area contributed by atoms with Crippen LogP contribution in [0.25, 0.3) is 11.0 Å². The summed E-state index contributed by atoms with van der Waals surface area (Å²) in [4.78, 5) is 19.2. The monoisotopic (exact) mass is 385 g/mol. The van der Waals surface area contributed by atoms with Gasteiger partial charge in [0.25, 0.3) is 0 Å². The number of amides is 1. The number of nitrogens with two attached hydrogens (primary N) is 1. The Hall–Kier alpha value is -1.68. The average molecular weight is 386 g/mol. The molecular weight excluding hydrogens is 366 g/mol. The van der Waals surface area contributed by atoms with Gasteiger partial charge >= 0.3 is 0 Å². The standard InChI is InChI=1S/C15H20ClN5O3S/c16-11-3-5-18-14-13(11)12(8-20-14)25(23,24)21-7-1-2-10(9-21)15(22)19-6-4-17/h3,5,8,10H,1-2,4,6-7,9,17H2,(H,18,20)(H,19,22). The lowest BCUT2D eigenvalue weighted by molar-refractivity contribution is -0.126. The molecule has 1 saturated heterocycles. The fourth-order valence-corrected chi connectivity index (χ4v) is 5.05. The second-order valence-electron chi connectivity index (χ2n) is 5.95. The van der Waals surface area contributed by atoms with Crippen molar-refractivity contribution in [3.63, 3.8) is 0 Å². The maximum atomic E-state index is 13.1. The van der Waals surface area contributed by atoms with Gasteiger partial charge in [0.05, 0.1) is 16.3 Å². The van der Waals surface area contributed by atoms with Gasteiger partial charge in [-0.3, -0.25) is 4.79 Å². The van der Waals surface area contributed by atoms with E-state index in [1.807, 2.05) is 0 Å². The molecule has 1 aliphatic rings. The van der Waals surface area contributed by atoms with Crippen LogP contribution in [0.1, 0.15) is 12.8 Å². The fourth-order valence-electron chi connectivity index (χ4n) is 3.05. The van der Waals surface area contributed by atoms with Crippen molar-refractivity contribution in [1.82, 2.24) is 19.6 Å². The molecule has 1 unspecified atom stereocenters. The molecule has 1 aliphatic heterocycles. The molecule has 2 aromatic rings. The summed E-state index contributed by atoms with van der Waals surface area (Å²) in [6.07, 6.45) is 4.18. The Kier molecular flexibility index (Phi) is 5.28. The predicted octanol–water partition coefficient (Wildman–Crippen LogP) is 0.692. The van der Waals surface area contributed by atoms with Gasteiger partial charge in [0.2, 0.25) is 15.9 Å². The quantitative estimate of drug-likeness (QED) is 0.699. The summed E-state index contributed by atoms with van der Waals surface area (Å²) in [5.41, 5.74) is 5.81. The average Bonchev–Trinajstić information content (AvgIpc) is 3.06. The lowest BCUT2D eigenvalue weighted by atomic mass is 9.99. The van der Waals surface area contributed by atoms with Crippen LogP contribution in [-0.4, -0.2) is 54.8 Å². The largest absolute Gasteiger partial charge is 0.355 e. The zero-order valence-corrected chi connectivity index (χ0v) is 15.1. The zero-order valence-electron chi connectivity index (χ0n) is 13.5. The first-order chi connectivity index (χ1) is 11.9. The molecule has 0 aromatic carbocycles. The molecule has 0 aliphatic carbocycles. The molecule has 3 rings (SSSR count). The molecule has 0 spiro atoms. The third-order valence-electron chi connectivity index (χ3n) is 4.30. The number of piperidine rings is 1. The van der Waals surface area contributed by atoms with E-state index in [0.29, 0.717) is 48.5 Å². The summed E-state index contributed by atoms with van der Waals surface area (Å²) >= 11 is 6.17. The Morgan fingerprint density at radius 1 is 1.52 bits per heavy atom. The van der Waals surface area contributed by atoms with E-state index in [1.165, 1.54) is 16.7 Å². The lowest BCUT2D eigenvalue weighted by Gasteiger charge is -2.31. The summed E-state index contributed by atoms with van der Waals surface area (Å²) in [7, 11) is -3.78. The minimum absolute atomic E-state index is 0.0867. The number of halogens is 1. The normalized spacial score (nSPS) is 19.2. The highest BCUT2D eigenvalue weighted by atomic mass is 35.5. The van der Waals surface area contributed by atoms with E-state index in [2.05, 4.69) is 15.3 Å². The highest BCUT2D eigenvalue weighted by Crippen LogP contribution is 2.32. The number of H-pyrrole nitrogens is 1. The van der Waals surface area contributed by atoms with Gasteiger partial charge in [-0.05, 0) is 18.9 Å². The van der Waals surface area contributed by atoms with Crippen molar-refractivity contribution >= 4 is 38.6 Å². The third-order valence-corrected chi connectivity index (χ3v) is 6.51. The van der Waals surface area contributed by atoms with Crippen LogP contribution in [0.2, 0.25) is 5.02 Å². The van der Waals surface area contributed by atoms with Gasteiger partial charge in [-0.25, -0.2) is 13.4 Å². The first-order valence-electron chi connectivity index (χ1n) is 8.04. The Morgan fingerprint density at radius 3 is 3.08 bits per heavy atom. The number of carbonyl (C=O) groups is 1. The molecule has 8 nitrogen and oxygen atoms in total. The molecular formula is C15H20ClN5O3S. The molecule has 1 fully saturated rings. The summed E-state index contributed by atoms with van der Waals surface area (Å²) < 4.78 is 27.5. The topological polar surface area (TPSA) is 121 Å². The van der Waals surface area contributed by atoms with Crippen molar-refractivity contribution in [1.29, 1.82) is 0 Å². The van der Waals surface area contributed by atoms with Crippen LogP contribution < -0.4 is 11.1 Å². The highest BCUT2D eigenvalue weighted by Gasteiger charge is 2.35. The van der Waals surface area contributed by atoms with Crippen molar-refractivity contribution in [3.8, 4) is 0 Å². The molecule has 4 N–H and O–H groups in total. The Morgan fingerprint density at radius 2 is 2.32 bits per heavy atom. The Labute approximate surface area is 150 Å². The number of carbonyl (C=O) groups excluding carboxylic acids is 1. The van der Waals surface area contributed by atoms with Crippen molar-refractivity contribution in [2.45, 2.75) is 17.7 Å². The lowest BCUT2D eigenvalue weighted by Crippen LogP contribution is -2.46. The maximum Gasteiger partial charge on any atom is 0.245 e. The predicted molar refractivity (Wildman–Crippen MR) is 94.7 cm³/mol. The molecule has 3 heterocycles. The van der Waals surface area contributed by atoms with Crippen LogP contribution in [0.4, 0.5) is 0 Å². The maximum absolute atomic E-state index is 13.1. The van der Waals surface area contributed by atoms with E-state index in [9.17, 15) is 13.2 Å². The highest BCUT2D eigenvalue weighted by molar-refractivity contribution is 7.89. The SMILES string of the molecule is NCCNC(=O)C1CCCN(S(=O)(=O)c2c[nH]c3nccc(Cl)c23)C1. The van der Waals surface area contributed by atoms with Gasteiger partial charge in [0.1, 0.15) is 10.5 Å². The molecule has 2 aromatic heterocycles. The van der Waals surface area contributed by atoms with E-state index in [-0.39, 0.29) is 23.3 Å². The van der Waals surface area contributed by atoms with Crippen LogP contribution >= 0.6 is 11.6 Å². The van der Waals surface area contributed by atoms with Crippen LogP contribution in [0, 0.1) is 5.92 Å². The minimum Gasteiger partial charge on any atom is -0.355 e. The molecule has 0 radical (unpaired) electrons. The van der Waals surface area contributed by atoms with Gasteiger partial charge in [-0.1, -0.05) is 11.6 Å². The smallest absolute Gasteiger partial charge is 0.245 e. The number of sulfonamides is 1. The second kappa shape index (κ2) is 7.28. The fraction of sp³-hybridized carbons (Fsp3) is 0.467. The third kappa shape index (κ3) is 3.50. The Balaban J connectivity index is 1.87. The van der Waals surface area contributed by atoms with Crippen LogP contribution in [0.3, 0.4) is 0 Å². The number of fused-ring (bicyclic) bond motifs is 1. The first kappa shape index (κ1) is 18.1.